The van der Waals surface area contributed by atoms with E-state index in [2.05, 4.69) is 5.32 Å². The summed E-state index contributed by atoms with van der Waals surface area (Å²) in [5.41, 5.74) is -0.932. The summed E-state index contributed by atoms with van der Waals surface area (Å²) in [5.74, 6) is -1.92. The Bertz CT molecular complexity index is 650. The summed E-state index contributed by atoms with van der Waals surface area (Å²) in [6.45, 7) is 3.79. The molecule has 7 heteroatoms. The van der Waals surface area contributed by atoms with Gasteiger partial charge < -0.3 is 5.32 Å². The Balaban J connectivity index is 2.13. The number of non-ortho nitro benzene ring substituents is 1. The molecule has 4 nitrogen and oxygen atoms in total. The van der Waals surface area contributed by atoms with E-state index >= 15 is 0 Å². The number of halogens is 2. The van der Waals surface area contributed by atoms with Gasteiger partial charge in [-0.05, 0) is 26.0 Å². The van der Waals surface area contributed by atoms with Crippen LogP contribution in [0.1, 0.15) is 16.7 Å². The van der Waals surface area contributed by atoms with Crippen molar-refractivity contribution < 1.29 is 13.7 Å². The van der Waals surface area contributed by atoms with Gasteiger partial charge >= 0.3 is 0 Å². The van der Waals surface area contributed by atoms with Gasteiger partial charge in [-0.3, -0.25) is 10.1 Å². The van der Waals surface area contributed by atoms with Crippen molar-refractivity contribution in [3.8, 4) is 0 Å². The third kappa shape index (κ3) is 3.75. The van der Waals surface area contributed by atoms with Crippen molar-refractivity contribution >= 4 is 22.7 Å². The van der Waals surface area contributed by atoms with E-state index in [0.29, 0.717) is 18.6 Å². The molecular weight excluding hydrogens is 298 g/mol. The maximum absolute atomic E-state index is 13.8. The highest BCUT2D eigenvalue weighted by Gasteiger charge is 2.18. The monoisotopic (exact) mass is 312 g/mol. The fourth-order valence-electron chi connectivity index (χ4n) is 2.00. The summed E-state index contributed by atoms with van der Waals surface area (Å²) in [7, 11) is 0. The minimum absolute atomic E-state index is 0.200. The number of thiophene rings is 1. The van der Waals surface area contributed by atoms with Crippen molar-refractivity contribution in [3.63, 3.8) is 0 Å². The number of rotatable bonds is 5. The molecule has 2 aromatic rings. The highest BCUT2D eigenvalue weighted by molar-refractivity contribution is 7.11. The van der Waals surface area contributed by atoms with Gasteiger partial charge in [0.05, 0.1) is 17.1 Å². The van der Waals surface area contributed by atoms with E-state index in [0.717, 1.165) is 4.88 Å². The van der Waals surface area contributed by atoms with Crippen molar-refractivity contribution in [2.45, 2.75) is 26.3 Å². The van der Waals surface area contributed by atoms with E-state index in [1.54, 1.807) is 18.3 Å². The molecule has 0 aliphatic rings. The minimum atomic E-state index is -0.962. The average Bonchev–Trinajstić information content (AvgIpc) is 2.78. The zero-order valence-electron chi connectivity index (χ0n) is 11.5. The predicted octanol–water partition coefficient (Wildman–Crippen LogP) is 4.29. The van der Waals surface area contributed by atoms with Crippen LogP contribution in [0, 0.1) is 28.7 Å². The van der Waals surface area contributed by atoms with Gasteiger partial charge in [0.2, 0.25) is 0 Å². The average molecular weight is 312 g/mol. The van der Waals surface area contributed by atoms with Gasteiger partial charge in [0.1, 0.15) is 5.69 Å². The Kier molecular flexibility index (Phi) is 4.52. The molecule has 0 spiro atoms. The maximum Gasteiger partial charge on any atom is 0.275 e. The summed E-state index contributed by atoms with van der Waals surface area (Å²) in [5, 5.41) is 13.3. The van der Waals surface area contributed by atoms with Gasteiger partial charge in [0.25, 0.3) is 5.69 Å². The molecule has 0 amide bonds. The summed E-state index contributed by atoms with van der Waals surface area (Å²) < 4.78 is 27.5. The van der Waals surface area contributed by atoms with E-state index in [1.165, 1.54) is 4.88 Å². The number of hydrogen-bond donors (Lipinski definition) is 1. The lowest BCUT2D eigenvalue weighted by Crippen LogP contribution is -2.19. The molecular formula is C14H14F2N2O2S. The number of benzene rings is 1. The molecule has 0 bridgehead atoms. The molecule has 112 valence electrons. The van der Waals surface area contributed by atoms with Gasteiger partial charge in [-0.1, -0.05) is 0 Å². The van der Waals surface area contributed by atoms with Crippen molar-refractivity contribution in [2.24, 2.45) is 0 Å². The third-order valence-corrected chi connectivity index (χ3v) is 3.95. The van der Waals surface area contributed by atoms with E-state index in [-0.39, 0.29) is 11.7 Å². The molecule has 2 rings (SSSR count). The second kappa shape index (κ2) is 6.17. The van der Waals surface area contributed by atoms with Gasteiger partial charge in [-0.2, -0.15) is 0 Å². The number of hydrogen-bond acceptors (Lipinski definition) is 4. The quantitative estimate of drug-likeness (QED) is 0.662. The molecule has 1 atom stereocenters. The van der Waals surface area contributed by atoms with Gasteiger partial charge in [-0.25, -0.2) is 8.78 Å². The van der Waals surface area contributed by atoms with Gasteiger partial charge in [0.15, 0.2) is 11.6 Å². The van der Waals surface area contributed by atoms with Crippen LogP contribution in [0.2, 0.25) is 0 Å². The van der Waals surface area contributed by atoms with Gasteiger partial charge in [0, 0.05) is 22.2 Å². The summed E-state index contributed by atoms with van der Waals surface area (Å²) in [4.78, 5) is 12.0. The number of nitro benzene ring substituents is 1. The normalized spacial score (nSPS) is 12.2. The van der Waals surface area contributed by atoms with Crippen LogP contribution in [-0.2, 0) is 6.42 Å². The number of nitrogens with one attached hydrogen (secondary N) is 1. The zero-order valence-corrected chi connectivity index (χ0v) is 12.3. The zero-order chi connectivity index (χ0) is 15.6. The fourth-order valence-corrected chi connectivity index (χ4v) is 3.02. The standard InChI is InChI=1S/C14H14F2N2O2S/c1-8(5-11-4-3-9(2)21-11)17-14-12(15)6-10(18(19)20)7-13(14)16/h3-4,6-8,17H,5H2,1-2H3. The number of anilines is 1. The molecule has 0 aliphatic heterocycles. The van der Waals surface area contributed by atoms with Crippen molar-refractivity contribution in [3.05, 3.63) is 55.8 Å². The van der Waals surface area contributed by atoms with Crippen molar-refractivity contribution in [1.82, 2.24) is 0 Å². The number of aryl methyl sites for hydroxylation is 1. The van der Waals surface area contributed by atoms with Crippen LogP contribution in [0.4, 0.5) is 20.2 Å². The molecule has 0 radical (unpaired) electrons. The van der Waals surface area contributed by atoms with Crippen LogP contribution in [0.15, 0.2) is 24.3 Å². The first-order valence-electron chi connectivity index (χ1n) is 6.32. The first-order chi connectivity index (χ1) is 9.86. The fraction of sp³-hybridized carbons (Fsp3) is 0.286. The molecule has 0 fully saturated rings. The van der Waals surface area contributed by atoms with E-state index in [4.69, 9.17) is 0 Å². The van der Waals surface area contributed by atoms with Crippen LogP contribution >= 0.6 is 11.3 Å². The summed E-state index contributed by atoms with van der Waals surface area (Å²) in [6.07, 6.45) is 0.619. The highest BCUT2D eigenvalue weighted by atomic mass is 32.1. The Morgan fingerprint density at radius 3 is 2.43 bits per heavy atom. The first-order valence-corrected chi connectivity index (χ1v) is 7.13. The Morgan fingerprint density at radius 2 is 1.95 bits per heavy atom. The van der Waals surface area contributed by atoms with E-state index in [9.17, 15) is 18.9 Å². The largest absolute Gasteiger partial charge is 0.377 e. The lowest BCUT2D eigenvalue weighted by atomic mass is 10.2. The Labute approximate surface area is 124 Å². The lowest BCUT2D eigenvalue weighted by molar-refractivity contribution is -0.385. The minimum Gasteiger partial charge on any atom is -0.377 e. The summed E-state index contributed by atoms with van der Waals surface area (Å²) >= 11 is 1.62. The van der Waals surface area contributed by atoms with E-state index in [1.807, 2.05) is 19.1 Å². The smallest absolute Gasteiger partial charge is 0.275 e. The van der Waals surface area contributed by atoms with Crippen LogP contribution in [0.5, 0.6) is 0 Å². The van der Waals surface area contributed by atoms with Gasteiger partial charge in [-0.15, -0.1) is 11.3 Å². The summed E-state index contributed by atoms with van der Waals surface area (Å²) in [6, 6.07) is 5.19. The number of nitro groups is 1. The number of nitrogens with zero attached hydrogens (tertiary/aromatic N) is 1. The van der Waals surface area contributed by atoms with Crippen LogP contribution in [0.3, 0.4) is 0 Å². The molecule has 21 heavy (non-hydrogen) atoms. The van der Waals surface area contributed by atoms with Crippen molar-refractivity contribution in [1.29, 1.82) is 0 Å². The Hall–Kier alpha value is -2.02. The van der Waals surface area contributed by atoms with Crippen LogP contribution in [-0.4, -0.2) is 11.0 Å². The topological polar surface area (TPSA) is 55.2 Å². The van der Waals surface area contributed by atoms with Crippen LogP contribution < -0.4 is 5.32 Å². The maximum atomic E-state index is 13.8. The molecule has 1 aromatic heterocycles. The second-order valence-corrected chi connectivity index (χ2v) is 6.18. The molecule has 0 saturated heterocycles. The molecule has 0 saturated carbocycles. The lowest BCUT2D eigenvalue weighted by Gasteiger charge is -2.15. The van der Waals surface area contributed by atoms with Crippen molar-refractivity contribution in [2.75, 3.05) is 5.32 Å². The third-order valence-electron chi connectivity index (χ3n) is 2.93. The molecule has 0 aliphatic carbocycles. The SMILES string of the molecule is Cc1ccc(CC(C)Nc2c(F)cc([N+](=O)[O-])cc2F)s1. The Morgan fingerprint density at radius 1 is 1.33 bits per heavy atom. The van der Waals surface area contributed by atoms with Crippen LogP contribution in [0.25, 0.3) is 0 Å². The predicted molar refractivity (Wildman–Crippen MR) is 78.9 cm³/mol. The molecule has 1 aromatic carbocycles. The van der Waals surface area contributed by atoms with E-state index < -0.39 is 22.2 Å². The molecule has 1 heterocycles. The second-order valence-electron chi connectivity index (χ2n) is 4.80. The molecule has 1 N–H and O–H groups in total. The highest BCUT2D eigenvalue weighted by Crippen LogP contribution is 2.26. The molecule has 1 unspecified atom stereocenters. The first kappa shape index (κ1) is 15.4.